The highest BCUT2D eigenvalue weighted by Crippen LogP contribution is 2.18. The molecule has 2 atom stereocenters. The third-order valence-corrected chi connectivity index (χ3v) is 2.93. The molecular formula is C14H18N2O2. The number of hydrogen-bond donors (Lipinski definition) is 1. The molecule has 0 aliphatic heterocycles. The fraction of sp³-hybridized carbons (Fsp3) is 0.429. The third kappa shape index (κ3) is 3.31. The lowest BCUT2D eigenvalue weighted by atomic mass is 10.00. The van der Waals surface area contributed by atoms with Crippen molar-refractivity contribution in [2.75, 3.05) is 7.11 Å². The minimum atomic E-state index is -0.858. The van der Waals surface area contributed by atoms with Crippen molar-refractivity contribution in [3.63, 3.8) is 0 Å². The molecule has 1 rings (SSSR count). The molecule has 1 amide bonds. The number of nitrogens with zero attached hydrogens (tertiary/aromatic N) is 1. The second-order valence-corrected chi connectivity index (χ2v) is 4.31. The van der Waals surface area contributed by atoms with Gasteiger partial charge in [0, 0.05) is 7.11 Å². The van der Waals surface area contributed by atoms with Crippen LogP contribution in [-0.4, -0.2) is 18.6 Å². The van der Waals surface area contributed by atoms with Gasteiger partial charge in [-0.25, -0.2) is 0 Å². The molecule has 96 valence electrons. The average Bonchev–Trinajstić information content (AvgIpc) is 2.40. The fourth-order valence-electron chi connectivity index (χ4n) is 1.56. The minimum absolute atomic E-state index is 0.297. The maximum atomic E-state index is 12.1. The van der Waals surface area contributed by atoms with E-state index in [1.807, 2.05) is 37.3 Å². The molecule has 0 aliphatic carbocycles. The standard InChI is InChI=1S/C14H18N2O2/c1-4-14(2,10-15)16-13(17)12(18-3)11-8-6-5-7-9-11/h5-9,12H,4H2,1-3H3,(H,16,17). The summed E-state index contributed by atoms with van der Waals surface area (Å²) in [5, 5.41) is 11.8. The Balaban J connectivity index is 2.85. The highest BCUT2D eigenvalue weighted by molar-refractivity contribution is 5.83. The van der Waals surface area contributed by atoms with Crippen molar-refractivity contribution in [1.82, 2.24) is 5.32 Å². The second kappa shape index (κ2) is 6.18. The van der Waals surface area contributed by atoms with Crippen molar-refractivity contribution in [2.24, 2.45) is 0 Å². The normalized spacial score (nSPS) is 15.2. The Bertz CT molecular complexity index is 439. The quantitative estimate of drug-likeness (QED) is 0.866. The molecule has 1 aromatic carbocycles. The summed E-state index contributed by atoms with van der Waals surface area (Å²) in [6.45, 7) is 3.55. The predicted octanol–water partition coefficient (Wildman–Crippen LogP) is 2.18. The minimum Gasteiger partial charge on any atom is -0.367 e. The molecule has 0 saturated carbocycles. The number of benzene rings is 1. The van der Waals surface area contributed by atoms with Crippen molar-refractivity contribution >= 4 is 5.91 Å². The zero-order valence-corrected chi connectivity index (χ0v) is 10.9. The van der Waals surface area contributed by atoms with Gasteiger partial charge in [-0.05, 0) is 18.9 Å². The van der Waals surface area contributed by atoms with Crippen LogP contribution in [0.2, 0.25) is 0 Å². The highest BCUT2D eigenvalue weighted by atomic mass is 16.5. The predicted molar refractivity (Wildman–Crippen MR) is 68.6 cm³/mol. The molecule has 0 fully saturated rings. The van der Waals surface area contributed by atoms with Gasteiger partial charge in [-0.3, -0.25) is 4.79 Å². The lowest BCUT2D eigenvalue weighted by Gasteiger charge is -2.24. The van der Waals surface area contributed by atoms with E-state index in [1.54, 1.807) is 6.92 Å². The Kier molecular flexibility index (Phi) is 4.87. The molecule has 0 bridgehead atoms. The number of carbonyl (C=O) groups is 1. The highest BCUT2D eigenvalue weighted by Gasteiger charge is 2.28. The number of ether oxygens (including phenoxy) is 1. The molecular weight excluding hydrogens is 228 g/mol. The number of nitriles is 1. The van der Waals surface area contributed by atoms with Crippen LogP contribution < -0.4 is 5.32 Å². The Morgan fingerprint density at radius 3 is 2.56 bits per heavy atom. The van der Waals surface area contributed by atoms with E-state index >= 15 is 0 Å². The molecule has 18 heavy (non-hydrogen) atoms. The van der Waals surface area contributed by atoms with Crippen molar-refractivity contribution in [3.8, 4) is 6.07 Å². The van der Waals surface area contributed by atoms with Crippen molar-refractivity contribution < 1.29 is 9.53 Å². The van der Waals surface area contributed by atoms with Gasteiger partial charge in [-0.1, -0.05) is 37.3 Å². The van der Waals surface area contributed by atoms with Gasteiger partial charge in [0.1, 0.15) is 5.54 Å². The molecule has 0 aliphatic rings. The number of carbonyl (C=O) groups excluding carboxylic acids is 1. The number of amides is 1. The Morgan fingerprint density at radius 1 is 1.50 bits per heavy atom. The summed E-state index contributed by atoms with van der Waals surface area (Å²) in [4.78, 5) is 12.1. The summed E-state index contributed by atoms with van der Waals surface area (Å²) in [6, 6.07) is 11.3. The first-order valence-electron chi connectivity index (χ1n) is 5.87. The Morgan fingerprint density at radius 2 is 2.11 bits per heavy atom. The molecule has 2 unspecified atom stereocenters. The summed E-state index contributed by atoms with van der Waals surface area (Å²) in [5.74, 6) is -0.297. The van der Waals surface area contributed by atoms with Crippen molar-refractivity contribution in [1.29, 1.82) is 5.26 Å². The van der Waals surface area contributed by atoms with E-state index in [0.717, 1.165) is 5.56 Å². The Hall–Kier alpha value is -1.86. The van der Waals surface area contributed by atoms with Gasteiger partial charge in [0.25, 0.3) is 5.91 Å². The van der Waals surface area contributed by atoms with Gasteiger partial charge < -0.3 is 10.1 Å². The van der Waals surface area contributed by atoms with E-state index in [0.29, 0.717) is 6.42 Å². The zero-order chi connectivity index (χ0) is 13.6. The van der Waals surface area contributed by atoms with Crippen LogP contribution >= 0.6 is 0 Å². The summed E-state index contributed by atoms with van der Waals surface area (Å²) >= 11 is 0. The van der Waals surface area contributed by atoms with E-state index in [1.165, 1.54) is 7.11 Å². The number of rotatable bonds is 5. The molecule has 4 nitrogen and oxygen atoms in total. The smallest absolute Gasteiger partial charge is 0.254 e. The van der Waals surface area contributed by atoms with Crippen LogP contribution in [0.25, 0.3) is 0 Å². The van der Waals surface area contributed by atoms with Crippen LogP contribution in [0.4, 0.5) is 0 Å². The van der Waals surface area contributed by atoms with Crippen LogP contribution in [-0.2, 0) is 9.53 Å². The van der Waals surface area contributed by atoms with E-state index in [2.05, 4.69) is 11.4 Å². The van der Waals surface area contributed by atoms with Crippen LogP contribution in [0.1, 0.15) is 31.9 Å². The fourth-order valence-corrected chi connectivity index (χ4v) is 1.56. The molecule has 1 N–H and O–H groups in total. The number of nitrogens with one attached hydrogen (secondary N) is 1. The molecule has 0 saturated heterocycles. The van der Waals surface area contributed by atoms with E-state index in [4.69, 9.17) is 10.00 Å². The molecule has 0 spiro atoms. The second-order valence-electron chi connectivity index (χ2n) is 4.31. The van der Waals surface area contributed by atoms with E-state index < -0.39 is 11.6 Å². The van der Waals surface area contributed by atoms with Gasteiger partial charge in [-0.15, -0.1) is 0 Å². The summed E-state index contributed by atoms with van der Waals surface area (Å²) < 4.78 is 5.21. The van der Waals surface area contributed by atoms with Crippen LogP contribution in [0.5, 0.6) is 0 Å². The lowest BCUT2D eigenvalue weighted by Crippen LogP contribution is -2.46. The van der Waals surface area contributed by atoms with Gasteiger partial charge in [0.05, 0.1) is 6.07 Å². The first-order valence-corrected chi connectivity index (χ1v) is 5.87. The van der Waals surface area contributed by atoms with Gasteiger partial charge in [0.15, 0.2) is 6.10 Å². The number of methoxy groups -OCH3 is 1. The van der Waals surface area contributed by atoms with E-state index in [-0.39, 0.29) is 5.91 Å². The molecule has 0 heterocycles. The summed E-state index contributed by atoms with van der Waals surface area (Å²) in [7, 11) is 1.48. The Labute approximate surface area is 108 Å². The van der Waals surface area contributed by atoms with E-state index in [9.17, 15) is 4.79 Å². The number of hydrogen-bond acceptors (Lipinski definition) is 3. The van der Waals surface area contributed by atoms with Crippen LogP contribution in [0, 0.1) is 11.3 Å². The summed E-state index contributed by atoms with van der Waals surface area (Å²) in [5.41, 5.74) is -0.0864. The first kappa shape index (κ1) is 14.2. The maximum absolute atomic E-state index is 12.1. The van der Waals surface area contributed by atoms with Crippen molar-refractivity contribution in [3.05, 3.63) is 35.9 Å². The molecule has 0 radical (unpaired) electrons. The first-order chi connectivity index (χ1) is 8.56. The molecule has 1 aromatic rings. The zero-order valence-electron chi connectivity index (χ0n) is 10.9. The lowest BCUT2D eigenvalue weighted by molar-refractivity contribution is -0.132. The van der Waals surface area contributed by atoms with Crippen molar-refractivity contribution in [2.45, 2.75) is 31.9 Å². The van der Waals surface area contributed by atoms with Crippen LogP contribution in [0.15, 0.2) is 30.3 Å². The topological polar surface area (TPSA) is 62.1 Å². The molecule has 4 heteroatoms. The van der Waals surface area contributed by atoms with Gasteiger partial charge in [-0.2, -0.15) is 5.26 Å². The van der Waals surface area contributed by atoms with Gasteiger partial charge >= 0.3 is 0 Å². The summed E-state index contributed by atoms with van der Waals surface area (Å²) in [6.07, 6.45) is -0.147. The monoisotopic (exact) mass is 246 g/mol. The maximum Gasteiger partial charge on any atom is 0.254 e. The van der Waals surface area contributed by atoms with Crippen LogP contribution in [0.3, 0.4) is 0 Å². The SMILES string of the molecule is CCC(C)(C#N)NC(=O)C(OC)c1ccccc1. The largest absolute Gasteiger partial charge is 0.367 e. The average molecular weight is 246 g/mol. The van der Waals surface area contributed by atoms with Gasteiger partial charge in [0.2, 0.25) is 0 Å². The molecule has 0 aromatic heterocycles. The third-order valence-electron chi connectivity index (χ3n) is 2.93.